The molecule has 0 aromatic heterocycles. The second kappa shape index (κ2) is 4.61. The lowest BCUT2D eigenvalue weighted by atomic mass is 10.3. The van der Waals surface area contributed by atoms with Gasteiger partial charge in [0.25, 0.3) is 16.0 Å². The summed E-state index contributed by atoms with van der Waals surface area (Å²) in [4.78, 5) is 22.7. The number of imide groups is 1. The molecule has 4 N–H and O–H groups in total. The van der Waals surface area contributed by atoms with Crippen molar-refractivity contribution in [2.24, 2.45) is 5.73 Å². The molecule has 1 fully saturated rings. The van der Waals surface area contributed by atoms with E-state index in [1.54, 1.807) is 0 Å². The molecule has 1 atom stereocenters. The highest BCUT2D eigenvalue weighted by Crippen LogP contribution is 2.17. The largest absolute Gasteiger partial charge is 0.319 e. The van der Waals surface area contributed by atoms with Gasteiger partial charge in [-0.05, 0) is 24.3 Å². The Labute approximate surface area is 108 Å². The minimum atomic E-state index is -4.27. The number of carbonyl (C=O) groups is 2. The van der Waals surface area contributed by atoms with Gasteiger partial charge in [-0.25, -0.2) is 0 Å². The van der Waals surface area contributed by atoms with Gasteiger partial charge in [-0.2, -0.15) is 13.4 Å². The van der Waals surface area contributed by atoms with E-state index in [1.165, 1.54) is 12.1 Å². The summed E-state index contributed by atoms with van der Waals surface area (Å²) in [6.45, 7) is 0. The fourth-order valence-corrected chi connectivity index (χ4v) is 2.08. The van der Waals surface area contributed by atoms with Crippen LogP contribution in [0.1, 0.15) is 6.42 Å². The number of hydrogen-bond donors (Lipinski definition) is 3. The standard InChI is InChI=1S/C10H11N3O5S/c11-8-5-9(14)13(10(8)15)12-6-1-3-7(4-2-6)19(16,17)18/h1-4,8,12H,5,11H2,(H,16,17,18). The van der Waals surface area contributed by atoms with Gasteiger partial charge in [0.05, 0.1) is 23.0 Å². The van der Waals surface area contributed by atoms with Crippen LogP contribution in [0.4, 0.5) is 5.69 Å². The fourth-order valence-electron chi connectivity index (χ4n) is 1.60. The average molecular weight is 285 g/mol. The number of nitrogens with two attached hydrogens (primary N) is 1. The molecule has 8 nitrogen and oxygen atoms in total. The molecular weight excluding hydrogens is 274 g/mol. The predicted molar refractivity (Wildman–Crippen MR) is 64.3 cm³/mol. The van der Waals surface area contributed by atoms with Crippen LogP contribution in [0.3, 0.4) is 0 Å². The van der Waals surface area contributed by atoms with Gasteiger partial charge in [-0.3, -0.25) is 19.6 Å². The smallest absolute Gasteiger partial charge is 0.294 e. The highest BCUT2D eigenvalue weighted by molar-refractivity contribution is 7.85. The molecular formula is C10H11N3O5S. The van der Waals surface area contributed by atoms with E-state index in [0.717, 1.165) is 17.1 Å². The molecule has 2 rings (SSSR count). The zero-order valence-electron chi connectivity index (χ0n) is 9.61. The number of nitrogens with one attached hydrogen (secondary N) is 1. The maximum absolute atomic E-state index is 11.5. The van der Waals surface area contributed by atoms with Crippen molar-refractivity contribution in [3.05, 3.63) is 24.3 Å². The van der Waals surface area contributed by atoms with Crippen LogP contribution in [0, 0.1) is 0 Å². The van der Waals surface area contributed by atoms with Crippen molar-refractivity contribution < 1.29 is 22.6 Å². The van der Waals surface area contributed by atoms with Gasteiger partial charge in [0.2, 0.25) is 5.91 Å². The first-order chi connectivity index (χ1) is 8.79. The highest BCUT2D eigenvalue weighted by atomic mass is 32.2. The third-order valence-electron chi connectivity index (χ3n) is 2.57. The molecule has 1 heterocycles. The molecule has 1 aromatic carbocycles. The van der Waals surface area contributed by atoms with Gasteiger partial charge in [0.15, 0.2) is 0 Å². The Bertz CT molecular complexity index is 625. The second-order valence-corrected chi connectivity index (χ2v) is 5.41. The molecule has 9 heteroatoms. The van der Waals surface area contributed by atoms with Gasteiger partial charge in [0.1, 0.15) is 0 Å². The molecule has 0 radical (unpaired) electrons. The number of hydrogen-bond acceptors (Lipinski definition) is 6. The molecule has 2 amide bonds. The van der Waals surface area contributed by atoms with Gasteiger partial charge in [0, 0.05) is 0 Å². The summed E-state index contributed by atoms with van der Waals surface area (Å²) in [6, 6.07) is 4.05. The zero-order valence-corrected chi connectivity index (χ0v) is 10.4. The first-order valence-electron chi connectivity index (χ1n) is 5.25. The Morgan fingerprint density at radius 2 is 1.84 bits per heavy atom. The lowest BCUT2D eigenvalue weighted by Crippen LogP contribution is -2.39. The number of anilines is 1. The van der Waals surface area contributed by atoms with E-state index in [-0.39, 0.29) is 11.3 Å². The van der Waals surface area contributed by atoms with Gasteiger partial charge < -0.3 is 5.73 Å². The molecule has 102 valence electrons. The second-order valence-electron chi connectivity index (χ2n) is 3.99. The van der Waals surface area contributed by atoms with Crippen molar-refractivity contribution in [3.8, 4) is 0 Å². The van der Waals surface area contributed by atoms with E-state index < -0.39 is 28.0 Å². The van der Waals surface area contributed by atoms with Crippen LogP contribution in [-0.4, -0.2) is 35.8 Å². The molecule has 0 bridgehead atoms. The predicted octanol–water partition coefficient (Wildman–Crippen LogP) is -0.654. The number of nitrogens with zero attached hydrogens (tertiary/aromatic N) is 1. The summed E-state index contributed by atoms with van der Waals surface area (Å²) < 4.78 is 30.5. The van der Waals surface area contributed by atoms with Crippen LogP contribution in [0.5, 0.6) is 0 Å². The van der Waals surface area contributed by atoms with Crippen molar-refractivity contribution >= 4 is 27.6 Å². The van der Waals surface area contributed by atoms with Crippen LogP contribution in [0.15, 0.2) is 29.2 Å². The van der Waals surface area contributed by atoms with Crippen LogP contribution in [0.2, 0.25) is 0 Å². The Hall–Kier alpha value is -1.97. The number of hydrazine groups is 1. The summed E-state index contributed by atoms with van der Waals surface area (Å²) in [5.74, 6) is -1.01. The maximum atomic E-state index is 11.5. The SMILES string of the molecule is NC1CC(=O)N(Nc2ccc(S(=O)(=O)O)cc2)C1=O. The number of benzene rings is 1. The summed E-state index contributed by atoms with van der Waals surface area (Å²) >= 11 is 0. The molecule has 0 saturated carbocycles. The van der Waals surface area contributed by atoms with Gasteiger partial charge in [-0.15, -0.1) is 0 Å². The first-order valence-corrected chi connectivity index (χ1v) is 6.69. The van der Waals surface area contributed by atoms with E-state index in [2.05, 4.69) is 5.43 Å². The van der Waals surface area contributed by atoms with Crippen molar-refractivity contribution in [2.75, 3.05) is 5.43 Å². The number of amides is 2. The monoisotopic (exact) mass is 285 g/mol. The Morgan fingerprint density at radius 3 is 2.26 bits per heavy atom. The summed E-state index contributed by atoms with van der Waals surface area (Å²) in [6.07, 6.45) is -0.0745. The van der Waals surface area contributed by atoms with E-state index in [0.29, 0.717) is 5.69 Å². The molecule has 0 spiro atoms. The minimum Gasteiger partial charge on any atom is -0.319 e. The zero-order chi connectivity index (χ0) is 14.2. The molecule has 19 heavy (non-hydrogen) atoms. The molecule has 1 aromatic rings. The Balaban J connectivity index is 2.17. The van der Waals surface area contributed by atoms with Crippen molar-refractivity contribution in [3.63, 3.8) is 0 Å². The van der Waals surface area contributed by atoms with E-state index in [1.807, 2.05) is 0 Å². The first kappa shape index (κ1) is 13.5. The number of rotatable bonds is 3. The lowest BCUT2D eigenvalue weighted by molar-refractivity contribution is -0.137. The molecule has 0 aliphatic carbocycles. The molecule has 1 saturated heterocycles. The van der Waals surface area contributed by atoms with Crippen LogP contribution in [-0.2, 0) is 19.7 Å². The Morgan fingerprint density at radius 1 is 1.26 bits per heavy atom. The van der Waals surface area contributed by atoms with Gasteiger partial charge in [-0.1, -0.05) is 0 Å². The number of carbonyl (C=O) groups excluding carboxylic acids is 2. The van der Waals surface area contributed by atoms with E-state index in [4.69, 9.17) is 10.3 Å². The molecule has 1 aliphatic rings. The van der Waals surface area contributed by atoms with Crippen LogP contribution in [0.25, 0.3) is 0 Å². The topological polar surface area (TPSA) is 130 Å². The van der Waals surface area contributed by atoms with E-state index in [9.17, 15) is 18.0 Å². The molecule has 1 aliphatic heterocycles. The quantitative estimate of drug-likeness (QED) is 0.496. The summed E-state index contributed by atoms with van der Waals surface area (Å²) in [5.41, 5.74) is 8.28. The maximum Gasteiger partial charge on any atom is 0.294 e. The minimum absolute atomic E-state index is 0.0745. The third kappa shape index (κ3) is 2.72. The van der Waals surface area contributed by atoms with Crippen molar-refractivity contribution in [1.82, 2.24) is 5.01 Å². The average Bonchev–Trinajstić information content (AvgIpc) is 2.56. The van der Waals surface area contributed by atoms with Crippen molar-refractivity contribution in [2.45, 2.75) is 17.4 Å². The van der Waals surface area contributed by atoms with Crippen molar-refractivity contribution in [1.29, 1.82) is 0 Å². The lowest BCUT2D eigenvalue weighted by Gasteiger charge is -2.16. The highest BCUT2D eigenvalue weighted by Gasteiger charge is 2.36. The third-order valence-corrected chi connectivity index (χ3v) is 3.44. The summed E-state index contributed by atoms with van der Waals surface area (Å²) in [5, 5.41) is 0.785. The normalized spacial score (nSPS) is 19.9. The van der Waals surface area contributed by atoms with Crippen LogP contribution < -0.4 is 11.2 Å². The Kier molecular flexibility index (Phi) is 3.27. The molecule has 1 unspecified atom stereocenters. The fraction of sp³-hybridized carbons (Fsp3) is 0.200. The van der Waals surface area contributed by atoms with Gasteiger partial charge >= 0.3 is 0 Å². The summed E-state index contributed by atoms with van der Waals surface area (Å²) in [7, 11) is -4.27. The van der Waals surface area contributed by atoms with Crippen LogP contribution >= 0.6 is 0 Å². The van der Waals surface area contributed by atoms with E-state index >= 15 is 0 Å².